The predicted octanol–water partition coefficient (Wildman–Crippen LogP) is 3.65. The van der Waals surface area contributed by atoms with Crippen LogP contribution < -0.4 is 4.74 Å². The molecule has 0 aliphatic carbocycles. The van der Waals surface area contributed by atoms with Gasteiger partial charge in [-0.1, -0.05) is 12.1 Å². The number of rotatable bonds is 8. The summed E-state index contributed by atoms with van der Waals surface area (Å²) in [6, 6.07) is 11.5. The van der Waals surface area contributed by atoms with Gasteiger partial charge in [0.1, 0.15) is 5.75 Å². The van der Waals surface area contributed by atoms with Crippen LogP contribution in [0, 0.1) is 10.1 Å². The lowest BCUT2D eigenvalue weighted by Gasteiger charge is -2.06. The molecule has 0 aromatic heterocycles. The van der Waals surface area contributed by atoms with E-state index in [2.05, 4.69) is 0 Å². The van der Waals surface area contributed by atoms with Crippen molar-refractivity contribution < 1.29 is 22.0 Å². The second-order valence-corrected chi connectivity index (χ2v) is 6.49. The Bertz CT molecular complexity index is 788. The number of ether oxygens (including phenoxy) is 1. The van der Waals surface area contributed by atoms with Gasteiger partial charge in [0.25, 0.3) is 5.69 Å². The van der Waals surface area contributed by atoms with Crippen LogP contribution in [0.3, 0.4) is 0 Å². The summed E-state index contributed by atoms with van der Waals surface area (Å²) in [4.78, 5) is 9.73. The summed E-state index contributed by atoms with van der Waals surface area (Å²) in [6.45, 7) is 0.439. The fraction of sp³-hybridized carbons (Fsp3) is 0.250. The van der Waals surface area contributed by atoms with Crippen molar-refractivity contribution in [1.29, 1.82) is 0 Å². The average Bonchev–Trinajstić information content (AvgIpc) is 2.54. The third kappa shape index (κ3) is 5.31. The molecule has 0 aliphatic heterocycles. The van der Waals surface area contributed by atoms with Gasteiger partial charge in [0, 0.05) is 12.1 Å². The van der Waals surface area contributed by atoms with Crippen molar-refractivity contribution in [1.82, 2.24) is 0 Å². The van der Waals surface area contributed by atoms with Gasteiger partial charge in [-0.2, -0.15) is 8.42 Å². The summed E-state index contributed by atoms with van der Waals surface area (Å²) in [7, 11) is -4.69. The summed E-state index contributed by atoms with van der Waals surface area (Å²) >= 11 is 0. The van der Waals surface area contributed by atoms with E-state index in [0.717, 1.165) is 37.0 Å². The highest BCUT2D eigenvalue weighted by Gasteiger charge is 2.11. The number of benzene rings is 2. The molecule has 0 radical (unpaired) electrons. The van der Waals surface area contributed by atoms with E-state index >= 15 is 0 Å². The normalized spacial score (nSPS) is 11.2. The summed E-state index contributed by atoms with van der Waals surface area (Å²) in [5.41, 5.74) is 1.08. The highest BCUT2D eigenvalue weighted by atomic mass is 32.3. The van der Waals surface area contributed by atoms with Crippen LogP contribution in [0.1, 0.15) is 18.4 Å². The monoisotopic (exact) mass is 353 g/mol. The quantitative estimate of drug-likeness (QED) is 0.313. The van der Waals surface area contributed by atoms with E-state index in [1.54, 1.807) is 12.1 Å². The fourth-order valence-electron chi connectivity index (χ4n) is 2.10. The molecule has 0 spiro atoms. The number of halogens is 1. The molecule has 0 fully saturated rings. The zero-order chi connectivity index (χ0) is 17.6. The highest BCUT2D eigenvalue weighted by molar-refractivity contribution is 7.86. The van der Waals surface area contributed by atoms with E-state index in [4.69, 9.17) is 4.74 Å². The molecule has 128 valence electrons. The molecule has 0 heterocycles. The Morgan fingerprint density at radius 1 is 1.00 bits per heavy atom. The molecular weight excluding hydrogens is 337 g/mol. The standard InChI is InChI=1S/C16H16FNO5S/c17-24(21,22)16-10-8-15(9-11-16)23-12-2-1-3-13-4-6-14(7-5-13)18(19)20/h4-11H,1-3,12H2. The number of aryl methyl sites for hydroxylation is 1. The second kappa shape index (κ2) is 7.87. The van der Waals surface area contributed by atoms with Crippen LogP contribution in [-0.2, 0) is 16.6 Å². The van der Waals surface area contributed by atoms with E-state index in [1.165, 1.54) is 24.3 Å². The zero-order valence-electron chi connectivity index (χ0n) is 12.7. The Labute approximate surface area is 139 Å². The third-order valence-electron chi connectivity index (χ3n) is 3.38. The Kier molecular flexibility index (Phi) is 5.86. The molecule has 0 aliphatic rings. The second-order valence-electron chi connectivity index (χ2n) is 5.14. The maximum atomic E-state index is 12.7. The molecule has 2 rings (SSSR count). The van der Waals surface area contributed by atoms with Crippen molar-refractivity contribution in [3.05, 3.63) is 64.2 Å². The predicted molar refractivity (Wildman–Crippen MR) is 86.3 cm³/mol. The molecule has 0 atom stereocenters. The number of nitro benzene ring substituents is 1. The van der Waals surface area contributed by atoms with Crippen molar-refractivity contribution in [2.45, 2.75) is 24.2 Å². The lowest BCUT2D eigenvalue weighted by Crippen LogP contribution is -1.99. The molecule has 0 bridgehead atoms. The average molecular weight is 353 g/mol. The van der Waals surface area contributed by atoms with Gasteiger partial charge in [0.2, 0.25) is 0 Å². The first-order chi connectivity index (χ1) is 11.4. The SMILES string of the molecule is O=[N+]([O-])c1ccc(CCCCOc2ccc(S(=O)(=O)F)cc2)cc1. The van der Waals surface area contributed by atoms with Crippen LogP contribution >= 0.6 is 0 Å². The Morgan fingerprint density at radius 3 is 2.17 bits per heavy atom. The van der Waals surface area contributed by atoms with Crippen molar-refractivity contribution in [2.24, 2.45) is 0 Å². The number of hydrogen-bond acceptors (Lipinski definition) is 5. The molecular formula is C16H16FNO5S. The van der Waals surface area contributed by atoms with Crippen molar-refractivity contribution >= 4 is 15.9 Å². The zero-order valence-corrected chi connectivity index (χ0v) is 13.5. The van der Waals surface area contributed by atoms with E-state index < -0.39 is 20.0 Å². The first kappa shape index (κ1) is 17.9. The molecule has 6 nitrogen and oxygen atoms in total. The van der Waals surface area contributed by atoms with Crippen LogP contribution in [0.15, 0.2) is 53.4 Å². The molecule has 0 amide bonds. The van der Waals surface area contributed by atoms with E-state index in [-0.39, 0.29) is 5.69 Å². The van der Waals surface area contributed by atoms with Crippen LogP contribution in [-0.4, -0.2) is 19.9 Å². The lowest BCUT2D eigenvalue weighted by molar-refractivity contribution is -0.384. The molecule has 24 heavy (non-hydrogen) atoms. The molecule has 0 saturated heterocycles. The van der Waals surface area contributed by atoms with Gasteiger partial charge in [0.15, 0.2) is 0 Å². The van der Waals surface area contributed by atoms with Crippen LogP contribution in [0.25, 0.3) is 0 Å². The topological polar surface area (TPSA) is 86.5 Å². The van der Waals surface area contributed by atoms with Gasteiger partial charge >= 0.3 is 10.2 Å². The summed E-state index contributed by atoms with van der Waals surface area (Å²) in [5, 5.41) is 10.6. The van der Waals surface area contributed by atoms with E-state index in [0.29, 0.717) is 12.4 Å². The Balaban J connectivity index is 1.72. The minimum absolute atomic E-state index is 0.0702. The lowest BCUT2D eigenvalue weighted by atomic mass is 10.1. The molecule has 2 aromatic rings. The van der Waals surface area contributed by atoms with Gasteiger partial charge in [-0.15, -0.1) is 3.89 Å². The first-order valence-electron chi connectivity index (χ1n) is 7.27. The van der Waals surface area contributed by atoms with Gasteiger partial charge < -0.3 is 4.74 Å². The molecule has 0 unspecified atom stereocenters. The summed E-state index contributed by atoms with van der Waals surface area (Å²) < 4.78 is 39.6. The largest absolute Gasteiger partial charge is 0.494 e. The van der Waals surface area contributed by atoms with Crippen LogP contribution in [0.2, 0.25) is 0 Å². The molecule has 0 saturated carbocycles. The number of non-ortho nitro benzene ring substituents is 1. The summed E-state index contributed by atoms with van der Waals surface area (Å²) in [5.74, 6) is 0.470. The summed E-state index contributed by atoms with van der Waals surface area (Å²) in [6.07, 6.45) is 2.38. The highest BCUT2D eigenvalue weighted by Crippen LogP contribution is 2.18. The van der Waals surface area contributed by atoms with Gasteiger partial charge in [-0.05, 0) is 49.1 Å². The smallest absolute Gasteiger partial charge is 0.332 e. The third-order valence-corrected chi connectivity index (χ3v) is 4.22. The fourth-order valence-corrected chi connectivity index (χ4v) is 2.57. The first-order valence-corrected chi connectivity index (χ1v) is 8.65. The van der Waals surface area contributed by atoms with E-state index in [9.17, 15) is 22.4 Å². The molecule has 2 aromatic carbocycles. The Morgan fingerprint density at radius 2 is 1.62 bits per heavy atom. The van der Waals surface area contributed by atoms with Crippen molar-refractivity contribution in [2.75, 3.05) is 6.61 Å². The van der Waals surface area contributed by atoms with Gasteiger partial charge in [-0.25, -0.2) is 0 Å². The maximum Gasteiger partial charge on any atom is 0.332 e. The number of nitro groups is 1. The van der Waals surface area contributed by atoms with Gasteiger partial charge in [-0.3, -0.25) is 10.1 Å². The number of nitrogens with zero attached hydrogens (tertiary/aromatic N) is 1. The van der Waals surface area contributed by atoms with Crippen LogP contribution in [0.5, 0.6) is 5.75 Å². The Hall–Kier alpha value is -2.48. The minimum Gasteiger partial charge on any atom is -0.494 e. The minimum atomic E-state index is -4.69. The molecule has 0 N–H and O–H groups in total. The van der Waals surface area contributed by atoms with Crippen molar-refractivity contribution in [3.8, 4) is 5.75 Å². The van der Waals surface area contributed by atoms with Gasteiger partial charge in [0.05, 0.1) is 16.4 Å². The number of hydrogen-bond donors (Lipinski definition) is 0. The van der Waals surface area contributed by atoms with Crippen molar-refractivity contribution in [3.63, 3.8) is 0 Å². The van der Waals surface area contributed by atoms with E-state index in [1.807, 2.05) is 0 Å². The van der Waals surface area contributed by atoms with Crippen LogP contribution in [0.4, 0.5) is 9.57 Å². The molecule has 8 heteroatoms. The maximum absolute atomic E-state index is 12.7. The number of unbranched alkanes of at least 4 members (excludes halogenated alkanes) is 1.